The highest BCUT2D eigenvalue weighted by atomic mass is 16.5. The molecule has 1 aromatic heterocycles. The Labute approximate surface area is 110 Å². The number of nitrogens with one attached hydrogen (secondary N) is 1. The molecule has 102 valence electrons. The molecule has 2 heterocycles. The lowest BCUT2D eigenvalue weighted by molar-refractivity contribution is 0.131. The monoisotopic (exact) mass is 251 g/mol. The van der Waals surface area contributed by atoms with Crippen LogP contribution >= 0.6 is 0 Å². The van der Waals surface area contributed by atoms with Crippen LogP contribution in [0.1, 0.15) is 42.7 Å². The summed E-state index contributed by atoms with van der Waals surface area (Å²) >= 11 is 0. The third-order valence-electron chi connectivity index (χ3n) is 4.02. The summed E-state index contributed by atoms with van der Waals surface area (Å²) in [6.45, 7) is 7.36. The topological polar surface area (TPSA) is 41.3 Å². The number of hydrogen-bond donors (Lipinski definition) is 1. The van der Waals surface area contributed by atoms with E-state index in [2.05, 4.69) is 15.4 Å². The largest absolute Gasteiger partial charge is 0.361 e. The molecule has 1 aromatic rings. The van der Waals surface area contributed by atoms with Crippen molar-refractivity contribution in [2.45, 2.75) is 52.1 Å². The van der Waals surface area contributed by atoms with Crippen LogP contribution in [0.15, 0.2) is 4.52 Å². The molecular formula is C14H25N3O. The Hall–Kier alpha value is -0.870. The minimum absolute atomic E-state index is 0.708. The van der Waals surface area contributed by atoms with Gasteiger partial charge in [-0.3, -0.25) is 4.90 Å². The van der Waals surface area contributed by atoms with Crippen molar-refractivity contribution in [3.8, 4) is 0 Å². The first-order valence-corrected chi connectivity index (χ1v) is 7.02. The third kappa shape index (κ3) is 3.12. The molecule has 1 aliphatic heterocycles. The molecule has 0 aliphatic carbocycles. The van der Waals surface area contributed by atoms with Gasteiger partial charge in [-0.25, -0.2) is 0 Å². The van der Waals surface area contributed by atoms with Crippen LogP contribution in [0.25, 0.3) is 0 Å². The molecule has 1 N–H and O–H groups in total. The van der Waals surface area contributed by atoms with E-state index in [9.17, 15) is 0 Å². The first kappa shape index (κ1) is 13.6. The van der Waals surface area contributed by atoms with Crippen molar-refractivity contribution in [3.63, 3.8) is 0 Å². The smallest absolute Gasteiger partial charge is 0.138 e. The summed E-state index contributed by atoms with van der Waals surface area (Å²) in [6.07, 6.45) is 5.25. The van der Waals surface area contributed by atoms with Crippen LogP contribution in [0.4, 0.5) is 0 Å². The predicted octanol–water partition coefficient (Wildman–Crippen LogP) is 2.26. The summed E-state index contributed by atoms with van der Waals surface area (Å²) in [5, 5.41) is 7.31. The first-order valence-electron chi connectivity index (χ1n) is 7.02. The predicted molar refractivity (Wildman–Crippen MR) is 72.6 cm³/mol. The van der Waals surface area contributed by atoms with Gasteiger partial charge in [0.15, 0.2) is 0 Å². The molecule has 0 radical (unpaired) electrons. The molecule has 4 heteroatoms. The molecule has 1 aliphatic rings. The van der Waals surface area contributed by atoms with Crippen LogP contribution in [0, 0.1) is 13.8 Å². The number of likely N-dealkylation sites (tertiary alicyclic amines) is 1. The number of nitrogens with zero attached hydrogens (tertiary/aromatic N) is 2. The lowest BCUT2D eigenvalue weighted by Crippen LogP contribution is -2.40. The maximum Gasteiger partial charge on any atom is 0.138 e. The van der Waals surface area contributed by atoms with Crippen molar-refractivity contribution in [1.29, 1.82) is 0 Å². The molecular weight excluding hydrogens is 226 g/mol. The van der Waals surface area contributed by atoms with E-state index in [4.69, 9.17) is 4.52 Å². The lowest BCUT2D eigenvalue weighted by atomic mass is 9.98. The van der Waals surface area contributed by atoms with Gasteiger partial charge in [0, 0.05) is 18.2 Å². The van der Waals surface area contributed by atoms with Crippen LogP contribution in [-0.2, 0) is 6.54 Å². The number of hydrogen-bond acceptors (Lipinski definition) is 4. The quantitative estimate of drug-likeness (QED) is 0.871. The summed E-state index contributed by atoms with van der Waals surface area (Å²) in [6, 6.07) is 0.708. The van der Waals surface area contributed by atoms with Gasteiger partial charge < -0.3 is 9.84 Å². The second-order valence-corrected chi connectivity index (χ2v) is 5.32. The SMILES string of the molecule is CNCCC1CCCCN1Cc1c(C)noc1C. The fourth-order valence-electron chi connectivity index (χ4n) is 2.84. The zero-order chi connectivity index (χ0) is 13.0. The molecule has 1 saturated heterocycles. The summed E-state index contributed by atoms with van der Waals surface area (Å²) in [5.41, 5.74) is 2.33. The minimum atomic E-state index is 0.708. The van der Waals surface area contributed by atoms with Crippen LogP contribution in [0.3, 0.4) is 0 Å². The molecule has 0 aromatic carbocycles. The maximum atomic E-state index is 5.26. The molecule has 1 fully saturated rings. The van der Waals surface area contributed by atoms with Crippen molar-refractivity contribution in [1.82, 2.24) is 15.4 Å². The van der Waals surface area contributed by atoms with E-state index in [0.29, 0.717) is 6.04 Å². The van der Waals surface area contributed by atoms with Gasteiger partial charge in [0.25, 0.3) is 0 Å². The van der Waals surface area contributed by atoms with Gasteiger partial charge in [-0.1, -0.05) is 11.6 Å². The minimum Gasteiger partial charge on any atom is -0.361 e. The fraction of sp³-hybridized carbons (Fsp3) is 0.786. The van der Waals surface area contributed by atoms with Crippen LogP contribution in [0.2, 0.25) is 0 Å². The fourth-order valence-corrected chi connectivity index (χ4v) is 2.84. The van der Waals surface area contributed by atoms with Crippen LogP contribution < -0.4 is 5.32 Å². The molecule has 1 atom stereocenters. The molecule has 4 nitrogen and oxygen atoms in total. The highest BCUT2D eigenvalue weighted by Crippen LogP contribution is 2.24. The summed E-state index contributed by atoms with van der Waals surface area (Å²) in [4.78, 5) is 2.60. The Morgan fingerprint density at radius 3 is 2.89 bits per heavy atom. The van der Waals surface area contributed by atoms with E-state index in [-0.39, 0.29) is 0 Å². The van der Waals surface area contributed by atoms with E-state index in [1.54, 1.807) is 0 Å². The molecule has 0 amide bonds. The van der Waals surface area contributed by atoms with Crippen molar-refractivity contribution in [2.24, 2.45) is 0 Å². The number of rotatable bonds is 5. The first-order chi connectivity index (χ1) is 8.72. The molecule has 0 spiro atoms. The van der Waals surface area contributed by atoms with Gasteiger partial charge in [-0.15, -0.1) is 0 Å². The third-order valence-corrected chi connectivity index (χ3v) is 4.02. The molecule has 2 rings (SSSR count). The average molecular weight is 251 g/mol. The zero-order valence-corrected chi connectivity index (χ0v) is 11.8. The molecule has 0 saturated carbocycles. The van der Waals surface area contributed by atoms with Gasteiger partial charge in [-0.2, -0.15) is 0 Å². The Bertz CT molecular complexity index is 356. The van der Waals surface area contributed by atoms with E-state index < -0.39 is 0 Å². The van der Waals surface area contributed by atoms with Crippen molar-refractivity contribution in [3.05, 3.63) is 17.0 Å². The van der Waals surface area contributed by atoms with Crippen molar-refractivity contribution >= 4 is 0 Å². The molecule has 18 heavy (non-hydrogen) atoms. The number of aromatic nitrogens is 1. The van der Waals surface area contributed by atoms with Crippen LogP contribution in [0.5, 0.6) is 0 Å². The highest BCUT2D eigenvalue weighted by Gasteiger charge is 2.24. The van der Waals surface area contributed by atoms with E-state index in [1.165, 1.54) is 37.8 Å². The van der Waals surface area contributed by atoms with Gasteiger partial charge in [0.1, 0.15) is 5.76 Å². The Kier molecular flexibility index (Phi) is 4.78. The standard InChI is InChI=1S/C14H25N3O/c1-11-14(12(2)18-16-11)10-17-9-5-4-6-13(17)7-8-15-3/h13,15H,4-10H2,1-3H3. The Balaban J connectivity index is 2.01. The van der Waals surface area contributed by atoms with Gasteiger partial charge in [0.2, 0.25) is 0 Å². The number of piperidine rings is 1. The van der Waals surface area contributed by atoms with Gasteiger partial charge in [0.05, 0.1) is 5.69 Å². The van der Waals surface area contributed by atoms with E-state index in [1.807, 2.05) is 20.9 Å². The second kappa shape index (κ2) is 6.34. The van der Waals surface area contributed by atoms with E-state index >= 15 is 0 Å². The second-order valence-electron chi connectivity index (χ2n) is 5.32. The van der Waals surface area contributed by atoms with Crippen molar-refractivity contribution in [2.75, 3.05) is 20.1 Å². The summed E-state index contributed by atoms with van der Waals surface area (Å²) in [5.74, 6) is 0.977. The zero-order valence-electron chi connectivity index (χ0n) is 11.8. The summed E-state index contributed by atoms with van der Waals surface area (Å²) < 4.78 is 5.26. The lowest BCUT2D eigenvalue weighted by Gasteiger charge is -2.35. The van der Waals surface area contributed by atoms with Crippen molar-refractivity contribution < 1.29 is 4.52 Å². The highest BCUT2D eigenvalue weighted by molar-refractivity contribution is 5.20. The molecule has 1 unspecified atom stereocenters. The molecule has 0 bridgehead atoms. The Morgan fingerprint density at radius 2 is 2.22 bits per heavy atom. The van der Waals surface area contributed by atoms with Gasteiger partial charge in [-0.05, 0) is 53.2 Å². The van der Waals surface area contributed by atoms with Crippen LogP contribution in [-0.4, -0.2) is 36.2 Å². The number of aryl methyl sites for hydroxylation is 2. The van der Waals surface area contributed by atoms with E-state index in [0.717, 1.165) is 24.5 Å². The average Bonchev–Trinajstić information content (AvgIpc) is 2.69. The normalized spacial score (nSPS) is 21.4. The maximum absolute atomic E-state index is 5.26. The van der Waals surface area contributed by atoms with Gasteiger partial charge >= 0.3 is 0 Å². The Morgan fingerprint density at radius 1 is 1.39 bits per heavy atom. The summed E-state index contributed by atoms with van der Waals surface area (Å²) in [7, 11) is 2.03.